The zero-order chi connectivity index (χ0) is 18.9. The molecule has 3 saturated carbocycles. The first-order valence-electron chi connectivity index (χ1n) is 9.41. The lowest BCUT2D eigenvalue weighted by atomic mass is 9.48. The molecule has 0 aromatic carbocycles. The number of hydrogen-bond donors (Lipinski definition) is 0. The standard InChI is InChI=1S/C21H24O5/c1-11(22)26-18-10-21(3)14-6-7-20(2)13(4-5-19(20)25)12(14)8-16(23)15(21)9-17(18)24/h9-10,12-14H,4-8H2,1-3H3/t12-,13-,14-,20-,21+/m0/s1. The fraction of sp³-hybridized carbons (Fsp3) is 0.619. The predicted molar refractivity (Wildman–Crippen MR) is 92.7 cm³/mol. The van der Waals surface area contributed by atoms with Crippen molar-refractivity contribution in [2.75, 3.05) is 0 Å². The Morgan fingerprint density at radius 1 is 1.15 bits per heavy atom. The molecule has 0 amide bonds. The van der Waals surface area contributed by atoms with Crippen molar-refractivity contribution >= 4 is 23.3 Å². The fourth-order valence-corrected chi connectivity index (χ4v) is 6.11. The molecule has 138 valence electrons. The van der Waals surface area contributed by atoms with Gasteiger partial charge in [0.25, 0.3) is 0 Å². The molecule has 0 aromatic heterocycles. The zero-order valence-electron chi connectivity index (χ0n) is 15.5. The third-order valence-corrected chi connectivity index (χ3v) is 7.42. The van der Waals surface area contributed by atoms with Crippen molar-refractivity contribution in [2.24, 2.45) is 28.6 Å². The van der Waals surface area contributed by atoms with Gasteiger partial charge in [-0.2, -0.15) is 0 Å². The van der Waals surface area contributed by atoms with Gasteiger partial charge in [0.1, 0.15) is 5.78 Å². The number of Topliss-reactive ketones (excluding diaryl/α,β-unsaturated/α-hetero) is 2. The van der Waals surface area contributed by atoms with Crippen LogP contribution < -0.4 is 0 Å². The Balaban J connectivity index is 1.77. The van der Waals surface area contributed by atoms with Crippen LogP contribution in [0.4, 0.5) is 0 Å². The Kier molecular flexibility index (Phi) is 3.66. The van der Waals surface area contributed by atoms with E-state index in [0.29, 0.717) is 24.2 Å². The minimum Gasteiger partial charge on any atom is -0.423 e. The molecule has 0 aliphatic heterocycles. The van der Waals surface area contributed by atoms with Crippen molar-refractivity contribution in [1.29, 1.82) is 0 Å². The van der Waals surface area contributed by atoms with Gasteiger partial charge < -0.3 is 4.74 Å². The first-order chi connectivity index (χ1) is 12.2. The maximum absolute atomic E-state index is 12.9. The van der Waals surface area contributed by atoms with Crippen molar-refractivity contribution < 1.29 is 23.9 Å². The van der Waals surface area contributed by atoms with E-state index in [0.717, 1.165) is 19.3 Å². The van der Waals surface area contributed by atoms with Gasteiger partial charge in [-0.25, -0.2) is 0 Å². The minimum atomic E-state index is -0.619. The van der Waals surface area contributed by atoms with Crippen molar-refractivity contribution in [3.63, 3.8) is 0 Å². The lowest BCUT2D eigenvalue weighted by Crippen LogP contribution is -2.52. The van der Waals surface area contributed by atoms with Gasteiger partial charge in [0, 0.05) is 36.2 Å². The van der Waals surface area contributed by atoms with Gasteiger partial charge in [-0.3, -0.25) is 19.2 Å². The van der Waals surface area contributed by atoms with Gasteiger partial charge in [-0.1, -0.05) is 13.8 Å². The summed E-state index contributed by atoms with van der Waals surface area (Å²) in [5.41, 5.74) is -0.398. The van der Waals surface area contributed by atoms with Crippen LogP contribution in [-0.2, 0) is 23.9 Å². The van der Waals surface area contributed by atoms with E-state index in [1.54, 1.807) is 6.08 Å². The first-order valence-corrected chi connectivity index (χ1v) is 9.41. The number of allylic oxidation sites excluding steroid dienone is 3. The van der Waals surface area contributed by atoms with Crippen LogP contribution in [0.5, 0.6) is 0 Å². The molecule has 0 saturated heterocycles. The summed E-state index contributed by atoms with van der Waals surface area (Å²) < 4.78 is 5.12. The van der Waals surface area contributed by atoms with E-state index in [9.17, 15) is 19.2 Å². The van der Waals surface area contributed by atoms with Crippen molar-refractivity contribution in [3.8, 4) is 0 Å². The Bertz CT molecular complexity index is 803. The first kappa shape index (κ1) is 17.4. The van der Waals surface area contributed by atoms with Crippen LogP contribution >= 0.6 is 0 Å². The van der Waals surface area contributed by atoms with Crippen LogP contribution in [0.15, 0.2) is 23.5 Å². The van der Waals surface area contributed by atoms with E-state index in [2.05, 4.69) is 6.92 Å². The second kappa shape index (κ2) is 5.48. The molecule has 4 aliphatic carbocycles. The van der Waals surface area contributed by atoms with Gasteiger partial charge >= 0.3 is 5.97 Å². The molecule has 0 spiro atoms. The summed E-state index contributed by atoms with van der Waals surface area (Å²) in [5, 5.41) is 0. The number of carbonyl (C=O) groups is 4. The molecule has 0 radical (unpaired) electrons. The topological polar surface area (TPSA) is 77.5 Å². The monoisotopic (exact) mass is 356 g/mol. The van der Waals surface area contributed by atoms with Gasteiger partial charge in [-0.15, -0.1) is 0 Å². The second-order valence-electron chi connectivity index (χ2n) is 8.73. The second-order valence-corrected chi connectivity index (χ2v) is 8.73. The molecule has 0 bridgehead atoms. The molecule has 4 rings (SSSR count). The van der Waals surface area contributed by atoms with E-state index in [1.165, 1.54) is 13.0 Å². The largest absolute Gasteiger partial charge is 0.423 e. The number of esters is 1. The van der Waals surface area contributed by atoms with Gasteiger partial charge in [0.15, 0.2) is 11.5 Å². The van der Waals surface area contributed by atoms with Gasteiger partial charge in [0.2, 0.25) is 5.78 Å². The molecule has 26 heavy (non-hydrogen) atoms. The predicted octanol–water partition coefficient (Wildman–Crippen LogP) is 2.93. The lowest BCUT2D eigenvalue weighted by molar-refractivity contribution is -0.140. The van der Waals surface area contributed by atoms with Crippen LogP contribution in [0.25, 0.3) is 0 Å². The molecule has 3 fully saturated rings. The Morgan fingerprint density at radius 2 is 1.88 bits per heavy atom. The Labute approximate surface area is 152 Å². The maximum atomic E-state index is 12.9. The molecule has 0 N–H and O–H groups in total. The normalized spacial score (nSPS) is 41.7. The fourth-order valence-electron chi connectivity index (χ4n) is 6.11. The summed E-state index contributed by atoms with van der Waals surface area (Å²) in [6.07, 6.45) is 6.57. The van der Waals surface area contributed by atoms with Crippen molar-refractivity contribution in [3.05, 3.63) is 23.5 Å². The third kappa shape index (κ3) is 2.22. The molecule has 0 unspecified atom stereocenters. The van der Waals surface area contributed by atoms with E-state index < -0.39 is 17.2 Å². The number of carbonyl (C=O) groups excluding carboxylic acids is 4. The average Bonchev–Trinajstić information content (AvgIpc) is 2.85. The molecule has 5 heteroatoms. The number of ketones is 3. The molecular weight excluding hydrogens is 332 g/mol. The summed E-state index contributed by atoms with van der Waals surface area (Å²) >= 11 is 0. The SMILES string of the molecule is CC(=O)OC1=C[C@@]2(C)C(=CC1=O)C(=O)C[C@@H]1[C@@H]2CC[C@]2(C)C(=O)CC[C@@H]12. The summed E-state index contributed by atoms with van der Waals surface area (Å²) in [6.45, 7) is 5.30. The highest BCUT2D eigenvalue weighted by molar-refractivity contribution is 6.12. The molecule has 0 heterocycles. The minimum absolute atomic E-state index is 0.0103. The Morgan fingerprint density at radius 3 is 2.58 bits per heavy atom. The van der Waals surface area contributed by atoms with Crippen molar-refractivity contribution in [1.82, 2.24) is 0 Å². The van der Waals surface area contributed by atoms with Crippen LogP contribution in [0.3, 0.4) is 0 Å². The molecule has 0 aromatic rings. The average molecular weight is 356 g/mol. The van der Waals surface area contributed by atoms with E-state index >= 15 is 0 Å². The van der Waals surface area contributed by atoms with Crippen LogP contribution in [0, 0.1) is 28.6 Å². The van der Waals surface area contributed by atoms with E-state index in [-0.39, 0.29) is 34.7 Å². The number of ether oxygens (including phenoxy) is 1. The summed E-state index contributed by atoms with van der Waals surface area (Å²) in [7, 11) is 0. The van der Waals surface area contributed by atoms with Crippen LogP contribution in [0.2, 0.25) is 0 Å². The van der Waals surface area contributed by atoms with E-state index in [1.807, 2.05) is 6.92 Å². The number of hydrogen-bond acceptors (Lipinski definition) is 5. The highest BCUT2D eigenvalue weighted by Crippen LogP contribution is 2.63. The van der Waals surface area contributed by atoms with Crippen molar-refractivity contribution in [2.45, 2.75) is 52.9 Å². The maximum Gasteiger partial charge on any atom is 0.308 e. The number of rotatable bonds is 1. The van der Waals surface area contributed by atoms with Crippen LogP contribution in [-0.4, -0.2) is 23.3 Å². The molecular formula is C21H24O5. The van der Waals surface area contributed by atoms with Gasteiger partial charge in [-0.05, 0) is 49.2 Å². The van der Waals surface area contributed by atoms with Gasteiger partial charge in [0.05, 0.1) is 0 Å². The van der Waals surface area contributed by atoms with Crippen LogP contribution in [0.1, 0.15) is 52.9 Å². The number of fused-ring (bicyclic) bond motifs is 5. The highest BCUT2D eigenvalue weighted by atomic mass is 16.5. The molecule has 4 aliphatic rings. The van der Waals surface area contributed by atoms with E-state index in [4.69, 9.17) is 4.74 Å². The summed E-state index contributed by atoms with van der Waals surface area (Å²) in [5.74, 6) is -0.0875. The molecule has 5 nitrogen and oxygen atoms in total. The highest BCUT2D eigenvalue weighted by Gasteiger charge is 2.60. The zero-order valence-corrected chi connectivity index (χ0v) is 15.5. The third-order valence-electron chi connectivity index (χ3n) is 7.42. The lowest BCUT2D eigenvalue weighted by Gasteiger charge is -2.54. The Hall–Kier alpha value is -2.04. The smallest absolute Gasteiger partial charge is 0.308 e. The summed E-state index contributed by atoms with van der Waals surface area (Å²) in [6, 6.07) is 0. The summed E-state index contributed by atoms with van der Waals surface area (Å²) in [4.78, 5) is 49.0. The molecule has 5 atom stereocenters. The quantitative estimate of drug-likeness (QED) is 0.675.